The van der Waals surface area contributed by atoms with E-state index < -0.39 is 17.7 Å². The molecule has 34 heavy (non-hydrogen) atoms. The average Bonchev–Trinajstić information content (AvgIpc) is 3.21. The Hall–Kier alpha value is -3.65. The summed E-state index contributed by atoms with van der Waals surface area (Å²) in [5.74, 6) is -0.732. The number of halogens is 3. The van der Waals surface area contributed by atoms with Crippen LogP contribution in [0, 0.1) is 0 Å². The molecule has 0 spiro atoms. The summed E-state index contributed by atoms with van der Waals surface area (Å²) in [6, 6.07) is 17.8. The number of hydrogen-bond acceptors (Lipinski definition) is 4. The molecule has 1 heterocycles. The summed E-state index contributed by atoms with van der Waals surface area (Å²) >= 11 is 0. The molecule has 1 aromatic heterocycles. The van der Waals surface area contributed by atoms with Crippen molar-refractivity contribution in [1.82, 2.24) is 10.3 Å². The van der Waals surface area contributed by atoms with E-state index in [0.717, 1.165) is 11.6 Å². The molecule has 2 N–H and O–H groups in total. The minimum atomic E-state index is -4.44. The van der Waals surface area contributed by atoms with Gasteiger partial charge in [-0.2, -0.15) is 13.2 Å². The third-order valence-corrected chi connectivity index (χ3v) is 5.58. The summed E-state index contributed by atoms with van der Waals surface area (Å²) in [6.45, 7) is 2.44. The van der Waals surface area contributed by atoms with Gasteiger partial charge in [0.1, 0.15) is 5.52 Å². The fourth-order valence-electron chi connectivity index (χ4n) is 3.72. The number of rotatable bonds is 7. The van der Waals surface area contributed by atoms with Crippen molar-refractivity contribution in [2.24, 2.45) is 0 Å². The maximum Gasteiger partial charge on any atom is 0.416 e. The van der Waals surface area contributed by atoms with Crippen molar-refractivity contribution in [3.8, 4) is 22.6 Å². The van der Waals surface area contributed by atoms with Crippen molar-refractivity contribution >= 4 is 17.1 Å². The highest BCUT2D eigenvalue weighted by atomic mass is 19.4. The van der Waals surface area contributed by atoms with Crippen molar-refractivity contribution < 1.29 is 27.5 Å². The van der Waals surface area contributed by atoms with E-state index in [9.17, 15) is 18.0 Å². The summed E-state index contributed by atoms with van der Waals surface area (Å²) in [7, 11) is 0. The highest BCUT2D eigenvalue weighted by molar-refractivity contribution is 5.78. The highest BCUT2D eigenvalue weighted by Gasteiger charge is 2.34. The zero-order valence-corrected chi connectivity index (χ0v) is 18.4. The maximum atomic E-state index is 13.3. The first-order valence-corrected chi connectivity index (χ1v) is 10.9. The second-order valence-corrected chi connectivity index (χ2v) is 7.90. The van der Waals surface area contributed by atoms with E-state index in [0.29, 0.717) is 29.8 Å². The molecule has 0 atom stereocenters. The Labute approximate surface area is 194 Å². The second-order valence-electron chi connectivity index (χ2n) is 7.90. The Morgan fingerprint density at radius 1 is 1.06 bits per heavy atom. The molecule has 0 fully saturated rings. The minimum absolute atomic E-state index is 0.0179. The number of nitrogens with zero attached hydrogens (tertiary/aromatic N) is 1. The molecule has 176 valence electrons. The first-order chi connectivity index (χ1) is 16.3. The number of carbonyl (C=O) groups is 1. The van der Waals surface area contributed by atoms with E-state index in [-0.39, 0.29) is 24.3 Å². The SMILES string of the molecule is CCc1c(-c2nc3ccc(CNCCC(=O)O)cc3o2)cccc1C(F)(F)F.c1cc2ccc1-2. The van der Waals surface area contributed by atoms with Crippen LogP contribution < -0.4 is 5.32 Å². The molecule has 0 saturated heterocycles. The van der Waals surface area contributed by atoms with E-state index in [1.807, 2.05) is 6.07 Å². The molecule has 8 heteroatoms. The van der Waals surface area contributed by atoms with Crippen molar-refractivity contribution in [3.05, 3.63) is 77.4 Å². The lowest BCUT2D eigenvalue weighted by molar-refractivity contribution is -0.138. The summed E-state index contributed by atoms with van der Waals surface area (Å²) < 4.78 is 45.6. The molecule has 2 aliphatic rings. The van der Waals surface area contributed by atoms with Gasteiger partial charge in [-0.1, -0.05) is 43.3 Å². The van der Waals surface area contributed by atoms with Gasteiger partial charge in [0.25, 0.3) is 0 Å². The Kier molecular flexibility index (Phi) is 6.70. The minimum Gasteiger partial charge on any atom is -0.481 e. The molecular formula is C26H23F3N2O3. The van der Waals surface area contributed by atoms with Gasteiger partial charge in [-0.25, -0.2) is 4.98 Å². The smallest absolute Gasteiger partial charge is 0.416 e. The zero-order chi connectivity index (χ0) is 24.3. The van der Waals surface area contributed by atoms with Gasteiger partial charge >= 0.3 is 12.1 Å². The molecule has 0 amide bonds. The Bertz CT molecular complexity index is 1290. The van der Waals surface area contributed by atoms with Gasteiger partial charge < -0.3 is 14.8 Å². The van der Waals surface area contributed by atoms with Crippen LogP contribution in [0.4, 0.5) is 13.2 Å². The molecule has 5 nitrogen and oxygen atoms in total. The van der Waals surface area contributed by atoms with Crippen molar-refractivity contribution in [3.63, 3.8) is 0 Å². The Morgan fingerprint density at radius 3 is 2.32 bits per heavy atom. The van der Waals surface area contributed by atoms with Gasteiger partial charge in [-0.05, 0) is 52.9 Å². The topological polar surface area (TPSA) is 75.4 Å². The number of benzene rings is 3. The molecular weight excluding hydrogens is 445 g/mol. The number of oxazole rings is 1. The molecule has 0 bridgehead atoms. The third-order valence-electron chi connectivity index (χ3n) is 5.58. The molecule has 0 unspecified atom stereocenters. The van der Waals surface area contributed by atoms with Crippen LogP contribution in [0.2, 0.25) is 0 Å². The van der Waals surface area contributed by atoms with Crippen molar-refractivity contribution in [2.75, 3.05) is 6.54 Å². The standard InChI is InChI=1S/C20H19F3N2O3.C6H4/c1-2-13-14(4-3-5-15(13)20(21,22)23)19-25-16-7-6-12(10-17(16)28-19)11-24-9-8-18(26)27;1-2-6-4-3-5(1)6/h3-7,10,24H,2,8-9,11H2,1H3,(H,26,27);1-4H. The van der Waals surface area contributed by atoms with E-state index in [2.05, 4.69) is 34.6 Å². The number of hydrogen-bond donors (Lipinski definition) is 2. The number of alkyl halides is 3. The molecule has 5 rings (SSSR count). The van der Waals surface area contributed by atoms with Crippen LogP contribution in [0.3, 0.4) is 0 Å². The Balaban J connectivity index is 0.000000388. The average molecular weight is 468 g/mol. The van der Waals surface area contributed by atoms with Crippen molar-refractivity contribution in [2.45, 2.75) is 32.5 Å². The third kappa shape index (κ3) is 5.12. The fourth-order valence-corrected chi connectivity index (χ4v) is 3.72. The second kappa shape index (κ2) is 9.69. The fraction of sp³-hybridized carbons (Fsp3) is 0.231. The van der Waals surface area contributed by atoms with Gasteiger partial charge in [0, 0.05) is 18.7 Å². The van der Waals surface area contributed by atoms with Crippen LogP contribution in [0.25, 0.3) is 33.7 Å². The lowest BCUT2D eigenvalue weighted by atomic mass is 9.95. The van der Waals surface area contributed by atoms with Crippen LogP contribution in [0.15, 0.2) is 65.1 Å². The van der Waals surface area contributed by atoms with E-state index >= 15 is 0 Å². The molecule has 2 aromatic carbocycles. The quantitative estimate of drug-likeness (QED) is 0.274. The maximum absolute atomic E-state index is 13.3. The number of nitrogens with one attached hydrogen (secondary N) is 1. The largest absolute Gasteiger partial charge is 0.481 e. The lowest BCUT2D eigenvalue weighted by Crippen LogP contribution is -2.17. The number of fused-ring (bicyclic) bond motifs is 2. The highest BCUT2D eigenvalue weighted by Crippen LogP contribution is 2.37. The predicted octanol–water partition coefficient (Wildman–Crippen LogP) is 6.31. The number of carboxylic acids is 1. The summed E-state index contributed by atoms with van der Waals surface area (Å²) in [4.78, 5) is 14.9. The lowest BCUT2D eigenvalue weighted by Gasteiger charge is -2.14. The molecule has 2 aliphatic carbocycles. The molecule has 0 aliphatic heterocycles. The van der Waals surface area contributed by atoms with Gasteiger partial charge in [0.15, 0.2) is 5.58 Å². The first-order valence-electron chi connectivity index (χ1n) is 10.9. The number of aliphatic carboxylic acids is 1. The summed E-state index contributed by atoms with van der Waals surface area (Å²) in [6.07, 6.45) is -4.23. The molecule has 0 saturated carbocycles. The van der Waals surface area contributed by atoms with Crippen LogP contribution in [0.5, 0.6) is 0 Å². The van der Waals surface area contributed by atoms with Gasteiger partial charge in [0.05, 0.1) is 12.0 Å². The Morgan fingerprint density at radius 2 is 1.76 bits per heavy atom. The normalized spacial score (nSPS) is 11.8. The van der Waals surface area contributed by atoms with Gasteiger partial charge in [-0.3, -0.25) is 4.79 Å². The van der Waals surface area contributed by atoms with Crippen LogP contribution in [-0.4, -0.2) is 22.6 Å². The van der Waals surface area contributed by atoms with E-state index in [1.54, 1.807) is 25.1 Å². The van der Waals surface area contributed by atoms with Crippen molar-refractivity contribution in [1.29, 1.82) is 0 Å². The van der Waals surface area contributed by atoms with Crippen LogP contribution >= 0.6 is 0 Å². The van der Waals surface area contributed by atoms with Gasteiger partial charge in [-0.15, -0.1) is 0 Å². The summed E-state index contributed by atoms with van der Waals surface area (Å²) in [5.41, 5.74) is 4.52. The van der Waals surface area contributed by atoms with Gasteiger partial charge in [0.2, 0.25) is 5.89 Å². The van der Waals surface area contributed by atoms with Crippen LogP contribution in [-0.2, 0) is 23.9 Å². The van der Waals surface area contributed by atoms with Crippen LogP contribution in [0.1, 0.15) is 30.0 Å². The summed E-state index contributed by atoms with van der Waals surface area (Å²) in [5, 5.41) is 11.7. The zero-order valence-electron chi connectivity index (χ0n) is 18.4. The molecule has 0 radical (unpaired) electrons. The number of aromatic nitrogens is 1. The predicted molar refractivity (Wildman–Crippen MR) is 123 cm³/mol. The van der Waals surface area contributed by atoms with E-state index in [1.165, 1.54) is 17.2 Å². The first kappa shape index (κ1) is 23.5. The van der Waals surface area contributed by atoms with E-state index in [4.69, 9.17) is 9.52 Å². The molecule has 3 aromatic rings. The monoisotopic (exact) mass is 468 g/mol. The number of carboxylic acid groups (broad SMARTS) is 1.